The molecule has 0 aliphatic rings. The van der Waals surface area contributed by atoms with Crippen LogP contribution in [0.25, 0.3) is 0 Å². The van der Waals surface area contributed by atoms with E-state index in [0.717, 1.165) is 30.5 Å². The number of rotatable bonds is 5. The minimum absolute atomic E-state index is 0.0161. The first kappa shape index (κ1) is 17.3. The Hall–Kier alpha value is -3.02. The first-order valence-corrected chi connectivity index (χ1v) is 7.61. The highest BCUT2D eigenvalue weighted by Gasteiger charge is 2.13. The molecule has 0 spiro atoms. The van der Waals surface area contributed by atoms with Crippen molar-refractivity contribution in [2.24, 2.45) is 5.10 Å². The third-order valence-corrected chi connectivity index (χ3v) is 3.57. The SMILES string of the molecule is CCCc1ccc(C(C)=NNC(=O)c2cc(O)c(O)c(O)c2)cc1. The monoisotopic (exact) mass is 328 g/mol. The van der Waals surface area contributed by atoms with Crippen LogP contribution in [0.15, 0.2) is 41.5 Å². The predicted molar refractivity (Wildman–Crippen MR) is 91.6 cm³/mol. The van der Waals surface area contributed by atoms with Crippen LogP contribution in [0.1, 0.15) is 41.8 Å². The van der Waals surface area contributed by atoms with Gasteiger partial charge in [-0.3, -0.25) is 4.79 Å². The van der Waals surface area contributed by atoms with E-state index in [-0.39, 0.29) is 5.56 Å². The second-order valence-corrected chi connectivity index (χ2v) is 5.45. The van der Waals surface area contributed by atoms with Gasteiger partial charge in [-0.05, 0) is 36.6 Å². The van der Waals surface area contributed by atoms with Crippen LogP contribution in [0, 0.1) is 0 Å². The molecule has 4 N–H and O–H groups in total. The molecule has 6 nitrogen and oxygen atoms in total. The van der Waals surface area contributed by atoms with Gasteiger partial charge < -0.3 is 15.3 Å². The van der Waals surface area contributed by atoms with Gasteiger partial charge in [-0.15, -0.1) is 0 Å². The number of hydrogen-bond acceptors (Lipinski definition) is 5. The van der Waals surface area contributed by atoms with Gasteiger partial charge in [0.25, 0.3) is 5.91 Å². The van der Waals surface area contributed by atoms with Gasteiger partial charge in [0.2, 0.25) is 0 Å². The van der Waals surface area contributed by atoms with Crippen molar-refractivity contribution in [2.75, 3.05) is 0 Å². The van der Waals surface area contributed by atoms with Gasteiger partial charge in [-0.1, -0.05) is 37.6 Å². The summed E-state index contributed by atoms with van der Waals surface area (Å²) >= 11 is 0. The maximum absolute atomic E-state index is 12.0. The molecule has 126 valence electrons. The summed E-state index contributed by atoms with van der Waals surface area (Å²) in [4.78, 5) is 12.0. The lowest BCUT2D eigenvalue weighted by Gasteiger charge is -2.06. The molecular formula is C18H20N2O4. The van der Waals surface area contributed by atoms with Crippen molar-refractivity contribution in [3.8, 4) is 17.2 Å². The van der Waals surface area contributed by atoms with Gasteiger partial charge in [0.1, 0.15) is 0 Å². The Bertz CT molecular complexity index is 744. The summed E-state index contributed by atoms with van der Waals surface area (Å²) in [6.07, 6.45) is 2.09. The maximum Gasteiger partial charge on any atom is 0.271 e. The number of benzene rings is 2. The Morgan fingerprint density at radius 2 is 1.62 bits per heavy atom. The number of aryl methyl sites for hydroxylation is 1. The Morgan fingerprint density at radius 1 is 1.04 bits per heavy atom. The van der Waals surface area contributed by atoms with Crippen LogP contribution in [-0.2, 0) is 6.42 Å². The number of nitrogens with zero attached hydrogens (tertiary/aromatic N) is 1. The molecule has 0 aliphatic heterocycles. The highest BCUT2D eigenvalue weighted by atomic mass is 16.3. The van der Waals surface area contributed by atoms with E-state index in [0.29, 0.717) is 5.71 Å². The maximum atomic E-state index is 12.0. The Morgan fingerprint density at radius 3 is 2.17 bits per heavy atom. The zero-order chi connectivity index (χ0) is 17.7. The second kappa shape index (κ2) is 7.50. The fraction of sp³-hybridized carbons (Fsp3) is 0.222. The van der Waals surface area contributed by atoms with Crippen LogP contribution in [0.4, 0.5) is 0 Å². The largest absolute Gasteiger partial charge is 0.504 e. The number of carbonyl (C=O) groups is 1. The molecule has 0 saturated carbocycles. The Labute approximate surface area is 140 Å². The average Bonchev–Trinajstić information content (AvgIpc) is 2.57. The van der Waals surface area contributed by atoms with Crippen molar-refractivity contribution in [1.82, 2.24) is 5.43 Å². The molecule has 2 aromatic carbocycles. The summed E-state index contributed by atoms with van der Waals surface area (Å²) in [6, 6.07) is 10.0. The van der Waals surface area contributed by atoms with E-state index < -0.39 is 23.2 Å². The first-order chi connectivity index (χ1) is 11.4. The lowest BCUT2D eigenvalue weighted by molar-refractivity contribution is 0.0954. The topological polar surface area (TPSA) is 102 Å². The summed E-state index contributed by atoms with van der Waals surface area (Å²) in [5.41, 5.74) is 5.09. The van der Waals surface area contributed by atoms with E-state index in [4.69, 9.17) is 0 Å². The van der Waals surface area contributed by atoms with Gasteiger partial charge in [0.05, 0.1) is 5.71 Å². The number of aromatic hydroxyl groups is 3. The molecule has 0 atom stereocenters. The Kier molecular flexibility index (Phi) is 5.42. The standard InChI is InChI=1S/C18H20N2O4/c1-3-4-12-5-7-13(8-6-12)11(2)19-20-18(24)14-9-15(21)17(23)16(22)10-14/h5-10,21-23H,3-4H2,1-2H3,(H,20,24). The molecule has 0 radical (unpaired) electrons. The van der Waals surface area contributed by atoms with E-state index in [1.54, 1.807) is 6.92 Å². The van der Waals surface area contributed by atoms with Crippen molar-refractivity contribution in [3.63, 3.8) is 0 Å². The molecule has 6 heteroatoms. The van der Waals surface area contributed by atoms with Crippen molar-refractivity contribution >= 4 is 11.6 Å². The molecular weight excluding hydrogens is 308 g/mol. The fourth-order valence-corrected chi connectivity index (χ4v) is 2.20. The summed E-state index contributed by atoms with van der Waals surface area (Å²) in [7, 11) is 0. The molecule has 0 unspecified atom stereocenters. The van der Waals surface area contributed by atoms with E-state index in [2.05, 4.69) is 17.5 Å². The van der Waals surface area contributed by atoms with Gasteiger partial charge in [0.15, 0.2) is 17.2 Å². The van der Waals surface area contributed by atoms with Gasteiger partial charge >= 0.3 is 0 Å². The van der Waals surface area contributed by atoms with Crippen LogP contribution in [0.2, 0.25) is 0 Å². The molecule has 0 fully saturated rings. The van der Waals surface area contributed by atoms with Crippen LogP contribution < -0.4 is 5.43 Å². The van der Waals surface area contributed by atoms with E-state index >= 15 is 0 Å². The highest BCUT2D eigenvalue weighted by molar-refractivity contribution is 6.01. The predicted octanol–water partition coefficient (Wildman–Crippen LogP) is 2.91. The molecule has 2 aromatic rings. The smallest absolute Gasteiger partial charge is 0.271 e. The van der Waals surface area contributed by atoms with Crippen LogP contribution in [0.5, 0.6) is 17.2 Å². The Balaban J connectivity index is 2.10. The molecule has 0 saturated heterocycles. The third-order valence-electron chi connectivity index (χ3n) is 3.57. The number of phenolic OH excluding ortho intramolecular Hbond substituents is 3. The number of hydrazone groups is 1. The first-order valence-electron chi connectivity index (χ1n) is 7.61. The van der Waals surface area contributed by atoms with E-state index in [1.165, 1.54) is 5.56 Å². The molecule has 24 heavy (non-hydrogen) atoms. The van der Waals surface area contributed by atoms with E-state index in [9.17, 15) is 20.1 Å². The highest BCUT2D eigenvalue weighted by Crippen LogP contribution is 2.35. The summed E-state index contributed by atoms with van der Waals surface area (Å²) in [6.45, 7) is 3.88. The summed E-state index contributed by atoms with van der Waals surface area (Å²) in [5, 5.41) is 32.2. The lowest BCUT2D eigenvalue weighted by Crippen LogP contribution is -2.19. The fourth-order valence-electron chi connectivity index (χ4n) is 2.20. The number of nitrogens with one attached hydrogen (secondary N) is 1. The summed E-state index contributed by atoms with van der Waals surface area (Å²) < 4.78 is 0. The zero-order valence-electron chi connectivity index (χ0n) is 13.6. The number of phenols is 3. The number of amides is 1. The minimum Gasteiger partial charge on any atom is -0.504 e. The lowest BCUT2D eigenvalue weighted by atomic mass is 10.1. The number of carbonyl (C=O) groups excluding carboxylic acids is 1. The van der Waals surface area contributed by atoms with Crippen LogP contribution in [-0.4, -0.2) is 26.9 Å². The number of hydrogen-bond donors (Lipinski definition) is 4. The molecule has 2 rings (SSSR count). The van der Waals surface area contributed by atoms with E-state index in [1.807, 2.05) is 24.3 Å². The molecule has 0 heterocycles. The average molecular weight is 328 g/mol. The minimum atomic E-state index is -0.668. The van der Waals surface area contributed by atoms with Crippen molar-refractivity contribution in [1.29, 1.82) is 0 Å². The van der Waals surface area contributed by atoms with Crippen molar-refractivity contribution < 1.29 is 20.1 Å². The van der Waals surface area contributed by atoms with Crippen molar-refractivity contribution in [2.45, 2.75) is 26.7 Å². The molecule has 1 amide bonds. The zero-order valence-corrected chi connectivity index (χ0v) is 13.6. The molecule has 0 aliphatic carbocycles. The quantitative estimate of drug-likeness (QED) is 0.385. The third kappa shape index (κ3) is 4.04. The summed E-state index contributed by atoms with van der Waals surface area (Å²) in [5.74, 6) is -2.43. The van der Waals surface area contributed by atoms with Gasteiger partial charge in [-0.25, -0.2) is 5.43 Å². The van der Waals surface area contributed by atoms with Gasteiger partial charge in [0, 0.05) is 5.56 Å². The normalized spacial score (nSPS) is 11.3. The molecule has 0 bridgehead atoms. The van der Waals surface area contributed by atoms with Gasteiger partial charge in [-0.2, -0.15) is 5.10 Å². The van der Waals surface area contributed by atoms with Crippen LogP contribution >= 0.6 is 0 Å². The van der Waals surface area contributed by atoms with Crippen LogP contribution in [0.3, 0.4) is 0 Å². The molecule has 0 aromatic heterocycles. The second-order valence-electron chi connectivity index (χ2n) is 5.45. The van der Waals surface area contributed by atoms with Crippen molar-refractivity contribution in [3.05, 3.63) is 53.1 Å².